The number of aliphatic carboxylic acids is 1. The van der Waals surface area contributed by atoms with E-state index < -0.39 is 5.97 Å². The maximum Gasteiger partial charge on any atom is 0.305 e. The summed E-state index contributed by atoms with van der Waals surface area (Å²) in [6, 6.07) is 13.1. The summed E-state index contributed by atoms with van der Waals surface area (Å²) in [6.07, 6.45) is 7.06. The minimum Gasteiger partial charge on any atom is -0.481 e. The van der Waals surface area contributed by atoms with Crippen LogP contribution in [0.25, 0.3) is 16.9 Å². The van der Waals surface area contributed by atoms with Gasteiger partial charge in [-0.15, -0.1) is 0 Å². The molecule has 1 saturated carbocycles. The van der Waals surface area contributed by atoms with Crippen LogP contribution in [0, 0.1) is 5.92 Å². The van der Waals surface area contributed by atoms with Crippen molar-refractivity contribution in [3.63, 3.8) is 0 Å². The van der Waals surface area contributed by atoms with Crippen molar-refractivity contribution in [2.45, 2.75) is 70.9 Å². The minimum atomic E-state index is -0.884. The molecule has 3 aromatic rings. The molecule has 0 spiro atoms. The molecular formula is C27H34N4O3. The number of nitrogens with one attached hydrogen (secondary N) is 2. The molecule has 0 bridgehead atoms. The van der Waals surface area contributed by atoms with Gasteiger partial charge in [-0.05, 0) is 51.7 Å². The first-order valence-electron chi connectivity index (χ1n) is 12.1. The van der Waals surface area contributed by atoms with Gasteiger partial charge >= 0.3 is 5.97 Å². The lowest BCUT2D eigenvalue weighted by atomic mass is 9.82. The number of hydrogen-bond acceptors (Lipinski definition) is 4. The van der Waals surface area contributed by atoms with Crippen LogP contribution in [0.1, 0.15) is 69.7 Å². The summed E-state index contributed by atoms with van der Waals surface area (Å²) in [5.74, 6) is -0.0678. The molecular weight excluding hydrogens is 428 g/mol. The summed E-state index contributed by atoms with van der Waals surface area (Å²) in [4.78, 5) is 29.5. The molecule has 1 unspecified atom stereocenters. The lowest BCUT2D eigenvalue weighted by Crippen LogP contribution is -2.42. The number of hydrogen-bond donors (Lipinski definition) is 3. The number of carbonyl (C=O) groups is 2. The molecule has 7 nitrogen and oxygen atoms in total. The first kappa shape index (κ1) is 23.8. The van der Waals surface area contributed by atoms with E-state index in [2.05, 4.69) is 31.4 Å². The van der Waals surface area contributed by atoms with Crippen molar-refractivity contribution in [1.82, 2.24) is 14.7 Å². The highest BCUT2D eigenvalue weighted by molar-refractivity contribution is 5.96. The van der Waals surface area contributed by atoms with E-state index in [9.17, 15) is 14.7 Å². The highest BCUT2D eigenvalue weighted by Crippen LogP contribution is 2.31. The average Bonchev–Trinajstić information content (AvgIpc) is 3.15. The van der Waals surface area contributed by atoms with Crippen LogP contribution in [0.15, 0.2) is 48.7 Å². The maximum absolute atomic E-state index is 13.2. The van der Waals surface area contributed by atoms with Gasteiger partial charge in [-0.25, -0.2) is 4.98 Å². The number of nitrogens with zero attached hydrogens (tertiary/aromatic N) is 2. The molecule has 2 aromatic heterocycles. The predicted octanol–water partition coefficient (Wildman–Crippen LogP) is 5.37. The second kappa shape index (κ2) is 9.87. The van der Waals surface area contributed by atoms with E-state index in [0.717, 1.165) is 42.8 Å². The van der Waals surface area contributed by atoms with E-state index in [-0.39, 0.29) is 29.8 Å². The highest BCUT2D eigenvalue weighted by Gasteiger charge is 2.28. The van der Waals surface area contributed by atoms with Crippen molar-refractivity contribution in [1.29, 1.82) is 0 Å². The van der Waals surface area contributed by atoms with Gasteiger partial charge < -0.3 is 15.7 Å². The van der Waals surface area contributed by atoms with Crippen molar-refractivity contribution >= 4 is 23.3 Å². The average molecular weight is 463 g/mol. The molecule has 3 N–H and O–H groups in total. The minimum absolute atomic E-state index is 0.0557. The Morgan fingerprint density at radius 1 is 1.12 bits per heavy atom. The molecule has 34 heavy (non-hydrogen) atoms. The van der Waals surface area contributed by atoms with Gasteiger partial charge in [0.15, 0.2) is 0 Å². The van der Waals surface area contributed by atoms with Crippen LogP contribution in [0.5, 0.6) is 0 Å². The van der Waals surface area contributed by atoms with E-state index in [1.165, 1.54) is 6.42 Å². The predicted molar refractivity (Wildman–Crippen MR) is 134 cm³/mol. The van der Waals surface area contributed by atoms with Gasteiger partial charge in [0.2, 0.25) is 0 Å². The van der Waals surface area contributed by atoms with Crippen LogP contribution in [-0.2, 0) is 4.79 Å². The number of rotatable bonds is 7. The zero-order valence-electron chi connectivity index (χ0n) is 20.2. The molecule has 0 radical (unpaired) electrons. The summed E-state index contributed by atoms with van der Waals surface area (Å²) < 4.78 is 1.96. The Kier molecular flexibility index (Phi) is 6.91. The van der Waals surface area contributed by atoms with Crippen molar-refractivity contribution in [2.75, 3.05) is 5.32 Å². The van der Waals surface area contributed by atoms with Crippen LogP contribution >= 0.6 is 0 Å². The molecule has 1 aromatic carbocycles. The normalized spacial score (nSPS) is 15.7. The third-order valence-corrected chi connectivity index (χ3v) is 6.36. The second-order valence-corrected chi connectivity index (χ2v) is 10.3. The van der Waals surface area contributed by atoms with E-state index >= 15 is 0 Å². The van der Waals surface area contributed by atoms with Crippen molar-refractivity contribution in [3.05, 3.63) is 54.2 Å². The SMILES string of the molecule is CC(C)(C)Nc1c(-c2ccccc2)nc2cc(C(=O)NC(CC(=O)O)C3CCCCC3)ccn12. The number of amides is 1. The topological polar surface area (TPSA) is 95.7 Å². The highest BCUT2D eigenvalue weighted by atomic mass is 16.4. The largest absolute Gasteiger partial charge is 0.481 e. The number of carbonyl (C=O) groups excluding carboxylic acids is 1. The van der Waals surface area contributed by atoms with E-state index in [1.54, 1.807) is 12.1 Å². The van der Waals surface area contributed by atoms with Gasteiger partial charge in [-0.1, -0.05) is 49.6 Å². The number of fused-ring (bicyclic) bond motifs is 1. The number of benzene rings is 1. The first-order chi connectivity index (χ1) is 16.2. The molecule has 1 aliphatic rings. The summed E-state index contributed by atoms with van der Waals surface area (Å²) in [5.41, 5.74) is 2.76. The molecule has 1 atom stereocenters. The lowest BCUT2D eigenvalue weighted by molar-refractivity contribution is -0.137. The third kappa shape index (κ3) is 5.58. The molecule has 7 heteroatoms. The molecule has 1 aliphatic carbocycles. The Morgan fingerprint density at radius 2 is 1.82 bits per heavy atom. The number of carboxylic acids is 1. The smallest absolute Gasteiger partial charge is 0.305 e. The Hall–Kier alpha value is -3.35. The van der Waals surface area contributed by atoms with Crippen LogP contribution in [0.3, 0.4) is 0 Å². The monoisotopic (exact) mass is 462 g/mol. The standard InChI is InChI=1S/C27H34N4O3/c1-27(2,3)30-25-24(19-12-8-5-9-13-19)29-22-16-20(14-15-31(22)25)26(34)28-21(17-23(32)33)18-10-6-4-7-11-18/h5,8-9,12-16,18,21,30H,4,6-7,10-11,17H2,1-3H3,(H,28,34)(H,32,33). The Balaban J connectivity index is 1.65. The van der Waals surface area contributed by atoms with Crippen molar-refractivity contribution < 1.29 is 14.7 Å². The lowest BCUT2D eigenvalue weighted by Gasteiger charge is -2.30. The molecule has 0 saturated heterocycles. The maximum atomic E-state index is 13.2. The van der Waals surface area contributed by atoms with E-state index in [1.807, 2.05) is 40.9 Å². The number of aromatic nitrogens is 2. The summed E-state index contributed by atoms with van der Waals surface area (Å²) in [5, 5.41) is 16.0. The van der Waals surface area contributed by atoms with Crippen LogP contribution in [0.2, 0.25) is 0 Å². The Bertz CT molecular complexity index is 1160. The first-order valence-corrected chi connectivity index (χ1v) is 12.1. The molecule has 1 amide bonds. The Labute approximate surface area is 200 Å². The van der Waals surface area contributed by atoms with Crippen molar-refractivity contribution in [3.8, 4) is 11.3 Å². The number of pyridine rings is 1. The second-order valence-electron chi connectivity index (χ2n) is 10.3. The third-order valence-electron chi connectivity index (χ3n) is 6.36. The van der Waals surface area contributed by atoms with Crippen LogP contribution in [0.4, 0.5) is 5.82 Å². The van der Waals surface area contributed by atoms with E-state index in [4.69, 9.17) is 4.98 Å². The van der Waals surface area contributed by atoms with Gasteiger partial charge in [0.25, 0.3) is 5.91 Å². The van der Waals surface area contributed by atoms with Crippen molar-refractivity contribution in [2.24, 2.45) is 5.92 Å². The molecule has 4 rings (SSSR count). The van der Waals surface area contributed by atoms with E-state index in [0.29, 0.717) is 11.2 Å². The molecule has 1 fully saturated rings. The zero-order valence-corrected chi connectivity index (χ0v) is 20.2. The van der Waals surface area contributed by atoms with Gasteiger partial charge in [0.1, 0.15) is 17.2 Å². The molecule has 2 heterocycles. The van der Waals surface area contributed by atoms with Crippen LogP contribution in [-0.4, -0.2) is 37.9 Å². The zero-order chi connectivity index (χ0) is 24.3. The van der Waals surface area contributed by atoms with Gasteiger partial charge in [0.05, 0.1) is 6.42 Å². The number of carboxylic acid groups (broad SMARTS) is 1. The number of anilines is 1. The van der Waals surface area contributed by atoms with Gasteiger partial charge in [-0.2, -0.15) is 0 Å². The Morgan fingerprint density at radius 3 is 2.47 bits per heavy atom. The quantitative estimate of drug-likeness (QED) is 0.439. The van der Waals surface area contributed by atoms with Gasteiger partial charge in [-0.3, -0.25) is 14.0 Å². The fourth-order valence-corrected chi connectivity index (χ4v) is 4.77. The summed E-state index contributed by atoms with van der Waals surface area (Å²) >= 11 is 0. The fraction of sp³-hybridized carbons (Fsp3) is 0.444. The molecule has 180 valence electrons. The molecule has 0 aliphatic heterocycles. The van der Waals surface area contributed by atoms with Gasteiger partial charge in [0, 0.05) is 28.9 Å². The summed E-state index contributed by atoms with van der Waals surface area (Å²) in [7, 11) is 0. The summed E-state index contributed by atoms with van der Waals surface area (Å²) in [6.45, 7) is 6.28. The fourth-order valence-electron chi connectivity index (χ4n) is 4.77. The van der Waals surface area contributed by atoms with Crippen LogP contribution < -0.4 is 10.6 Å². The number of imidazole rings is 1.